The van der Waals surface area contributed by atoms with E-state index in [1.807, 2.05) is 29.8 Å². The maximum Gasteiger partial charge on any atom is 0.123 e. The highest BCUT2D eigenvalue weighted by molar-refractivity contribution is 7.13. The minimum absolute atomic E-state index is 0.227. The van der Waals surface area contributed by atoms with Crippen LogP contribution in [-0.2, 0) is 10.3 Å². The molecule has 29 heavy (non-hydrogen) atoms. The van der Waals surface area contributed by atoms with E-state index in [0.29, 0.717) is 13.2 Å². The Labute approximate surface area is 175 Å². The number of halogens is 1. The van der Waals surface area contributed by atoms with E-state index in [4.69, 9.17) is 4.74 Å². The minimum atomic E-state index is -0.430. The Morgan fingerprint density at radius 1 is 1.24 bits per heavy atom. The zero-order valence-electron chi connectivity index (χ0n) is 16.6. The van der Waals surface area contributed by atoms with Crippen LogP contribution in [0.3, 0.4) is 0 Å². The normalized spacial score (nSPS) is 21.0. The molecule has 0 aliphatic carbocycles. The SMILES string of the molecule is C=CC[C@]1(c2ccc(F)cc2)CCN([C@@H](C)c2ccc(-c3nccs3)cc2)CO1. The molecule has 0 saturated carbocycles. The van der Waals surface area contributed by atoms with Crippen LogP contribution in [0.25, 0.3) is 10.6 Å². The lowest BCUT2D eigenvalue weighted by Crippen LogP contribution is -2.45. The smallest absolute Gasteiger partial charge is 0.123 e. The van der Waals surface area contributed by atoms with Crippen LogP contribution >= 0.6 is 11.3 Å². The quantitative estimate of drug-likeness (QED) is 0.457. The zero-order chi connectivity index (χ0) is 20.3. The molecule has 0 bridgehead atoms. The molecule has 3 aromatic rings. The zero-order valence-corrected chi connectivity index (χ0v) is 17.4. The van der Waals surface area contributed by atoms with Gasteiger partial charge in [-0.05, 0) is 43.0 Å². The van der Waals surface area contributed by atoms with E-state index < -0.39 is 5.60 Å². The van der Waals surface area contributed by atoms with Gasteiger partial charge in [0.25, 0.3) is 0 Å². The largest absolute Gasteiger partial charge is 0.355 e. The van der Waals surface area contributed by atoms with Crippen molar-refractivity contribution in [3.63, 3.8) is 0 Å². The molecule has 5 heteroatoms. The first-order valence-electron chi connectivity index (χ1n) is 9.86. The fourth-order valence-corrected chi connectivity index (χ4v) is 4.59. The summed E-state index contributed by atoms with van der Waals surface area (Å²) in [5, 5.41) is 3.03. The van der Waals surface area contributed by atoms with Gasteiger partial charge in [-0.1, -0.05) is 42.5 Å². The van der Waals surface area contributed by atoms with Crippen molar-refractivity contribution in [3.05, 3.63) is 89.7 Å². The molecule has 2 aromatic carbocycles. The fourth-order valence-electron chi connectivity index (χ4n) is 3.95. The van der Waals surface area contributed by atoms with E-state index in [0.717, 1.165) is 29.1 Å². The number of hydrogen-bond donors (Lipinski definition) is 0. The molecule has 3 nitrogen and oxygen atoms in total. The fraction of sp³-hybridized carbons (Fsp3) is 0.292. The third-order valence-electron chi connectivity index (χ3n) is 5.77. The molecule has 1 aromatic heterocycles. The van der Waals surface area contributed by atoms with Crippen LogP contribution in [0.4, 0.5) is 4.39 Å². The van der Waals surface area contributed by atoms with Gasteiger partial charge in [-0.15, -0.1) is 17.9 Å². The van der Waals surface area contributed by atoms with E-state index in [2.05, 4.69) is 47.7 Å². The Hall–Kier alpha value is -2.34. The summed E-state index contributed by atoms with van der Waals surface area (Å²) in [5.74, 6) is -0.227. The van der Waals surface area contributed by atoms with Gasteiger partial charge >= 0.3 is 0 Å². The summed E-state index contributed by atoms with van der Waals surface area (Å²) < 4.78 is 19.8. The van der Waals surface area contributed by atoms with Crippen molar-refractivity contribution in [2.45, 2.75) is 31.4 Å². The van der Waals surface area contributed by atoms with Gasteiger partial charge in [0.15, 0.2) is 0 Å². The van der Waals surface area contributed by atoms with E-state index in [-0.39, 0.29) is 11.9 Å². The topological polar surface area (TPSA) is 25.4 Å². The average molecular weight is 409 g/mol. The summed E-state index contributed by atoms with van der Waals surface area (Å²) in [5.41, 5.74) is 2.98. The molecule has 0 spiro atoms. The molecule has 1 fully saturated rings. The van der Waals surface area contributed by atoms with Crippen LogP contribution in [0, 0.1) is 5.82 Å². The van der Waals surface area contributed by atoms with Gasteiger partial charge < -0.3 is 4.74 Å². The van der Waals surface area contributed by atoms with Crippen molar-refractivity contribution in [2.75, 3.05) is 13.3 Å². The van der Waals surface area contributed by atoms with Crippen molar-refractivity contribution >= 4 is 11.3 Å². The van der Waals surface area contributed by atoms with Gasteiger partial charge in [0.05, 0.1) is 5.60 Å². The molecule has 0 N–H and O–H groups in total. The van der Waals surface area contributed by atoms with Crippen molar-refractivity contribution < 1.29 is 9.13 Å². The Kier molecular flexibility index (Phi) is 5.90. The number of ether oxygens (including phenoxy) is 1. The third kappa shape index (κ3) is 4.17. The van der Waals surface area contributed by atoms with E-state index in [1.165, 1.54) is 17.7 Å². The van der Waals surface area contributed by atoms with Gasteiger partial charge in [-0.3, -0.25) is 4.90 Å². The van der Waals surface area contributed by atoms with Gasteiger partial charge in [0, 0.05) is 29.7 Å². The number of nitrogens with zero attached hydrogens (tertiary/aromatic N) is 2. The highest BCUT2D eigenvalue weighted by Gasteiger charge is 2.37. The summed E-state index contributed by atoms with van der Waals surface area (Å²) >= 11 is 1.65. The molecule has 2 heterocycles. The predicted octanol–water partition coefficient (Wildman–Crippen LogP) is 6.16. The second-order valence-electron chi connectivity index (χ2n) is 7.47. The van der Waals surface area contributed by atoms with Crippen LogP contribution in [0.15, 0.2) is 72.8 Å². The molecule has 1 aliphatic rings. The summed E-state index contributed by atoms with van der Waals surface area (Å²) in [6, 6.07) is 15.5. The van der Waals surface area contributed by atoms with Gasteiger partial charge in [-0.25, -0.2) is 9.37 Å². The van der Waals surface area contributed by atoms with Crippen LogP contribution in [0.5, 0.6) is 0 Å². The first kappa shape index (κ1) is 20.0. The summed E-state index contributed by atoms with van der Waals surface area (Å²) in [6.07, 6.45) is 5.27. The van der Waals surface area contributed by atoms with E-state index in [1.54, 1.807) is 11.3 Å². The molecule has 1 aliphatic heterocycles. The van der Waals surface area contributed by atoms with Gasteiger partial charge in [0.2, 0.25) is 0 Å². The molecule has 4 rings (SSSR count). The second-order valence-corrected chi connectivity index (χ2v) is 8.36. The Morgan fingerprint density at radius 3 is 2.59 bits per heavy atom. The monoisotopic (exact) mass is 408 g/mol. The summed E-state index contributed by atoms with van der Waals surface area (Å²) in [7, 11) is 0. The van der Waals surface area contributed by atoms with Gasteiger partial charge in [0.1, 0.15) is 17.6 Å². The Morgan fingerprint density at radius 2 is 2.00 bits per heavy atom. The number of hydrogen-bond acceptors (Lipinski definition) is 4. The molecule has 1 saturated heterocycles. The van der Waals surface area contributed by atoms with Crippen molar-refractivity contribution in [1.82, 2.24) is 9.88 Å². The lowest BCUT2D eigenvalue weighted by atomic mass is 9.85. The first-order chi connectivity index (χ1) is 14.1. The Bertz CT molecular complexity index is 930. The highest BCUT2D eigenvalue weighted by Crippen LogP contribution is 2.39. The lowest BCUT2D eigenvalue weighted by Gasteiger charge is -2.44. The molecule has 0 unspecified atom stereocenters. The predicted molar refractivity (Wildman–Crippen MR) is 116 cm³/mol. The molecule has 0 radical (unpaired) electrons. The molecule has 0 amide bonds. The number of thiazole rings is 1. The maximum absolute atomic E-state index is 13.4. The molecule has 2 atom stereocenters. The van der Waals surface area contributed by atoms with E-state index in [9.17, 15) is 4.39 Å². The average Bonchev–Trinajstić information content (AvgIpc) is 3.29. The second kappa shape index (κ2) is 8.57. The molecular formula is C24H25FN2OS. The van der Waals surface area contributed by atoms with E-state index >= 15 is 0 Å². The first-order valence-corrected chi connectivity index (χ1v) is 10.7. The van der Waals surface area contributed by atoms with Gasteiger partial charge in [-0.2, -0.15) is 0 Å². The summed E-state index contributed by atoms with van der Waals surface area (Å²) in [6.45, 7) is 7.54. The van der Waals surface area contributed by atoms with Crippen LogP contribution in [0.1, 0.15) is 36.9 Å². The minimum Gasteiger partial charge on any atom is -0.355 e. The van der Waals surface area contributed by atoms with Crippen molar-refractivity contribution in [1.29, 1.82) is 0 Å². The molecule has 150 valence electrons. The number of aromatic nitrogens is 1. The van der Waals surface area contributed by atoms with Crippen LogP contribution < -0.4 is 0 Å². The maximum atomic E-state index is 13.4. The molecular weight excluding hydrogens is 383 g/mol. The highest BCUT2D eigenvalue weighted by atomic mass is 32.1. The standard InChI is InChI=1S/C24H25FN2OS/c1-3-12-24(21-8-10-22(25)11-9-21)13-15-27(17-28-24)18(2)19-4-6-20(7-5-19)23-26-14-16-29-23/h3-11,14,16,18H,1,12-13,15,17H2,2H3/t18-,24+/m0/s1. The number of benzene rings is 2. The number of rotatable bonds is 6. The third-order valence-corrected chi connectivity index (χ3v) is 6.60. The van der Waals surface area contributed by atoms with Crippen molar-refractivity contribution in [3.8, 4) is 10.6 Å². The lowest BCUT2D eigenvalue weighted by molar-refractivity contribution is -0.152. The summed E-state index contributed by atoms with van der Waals surface area (Å²) in [4.78, 5) is 6.71. The Balaban J connectivity index is 1.46. The van der Waals surface area contributed by atoms with Crippen molar-refractivity contribution in [2.24, 2.45) is 0 Å². The van der Waals surface area contributed by atoms with Crippen LogP contribution in [0.2, 0.25) is 0 Å². The van der Waals surface area contributed by atoms with Crippen LogP contribution in [-0.4, -0.2) is 23.2 Å².